The molecule has 1 aliphatic carbocycles. The highest BCUT2D eigenvalue weighted by atomic mass is 16.2. The van der Waals surface area contributed by atoms with E-state index in [2.05, 4.69) is 17.4 Å². The van der Waals surface area contributed by atoms with Crippen LogP contribution in [-0.2, 0) is 16.0 Å². The molecule has 26 heavy (non-hydrogen) atoms. The molecule has 1 fully saturated rings. The van der Waals surface area contributed by atoms with E-state index in [1.165, 1.54) is 11.1 Å². The van der Waals surface area contributed by atoms with Gasteiger partial charge in [-0.05, 0) is 48.6 Å². The van der Waals surface area contributed by atoms with Gasteiger partial charge in [-0.2, -0.15) is 0 Å². The topological polar surface area (TPSA) is 75.4 Å². The summed E-state index contributed by atoms with van der Waals surface area (Å²) in [6.45, 7) is 6.49. The quantitative estimate of drug-likeness (QED) is 0.873. The second kappa shape index (κ2) is 7.39. The van der Waals surface area contributed by atoms with Gasteiger partial charge in [0, 0.05) is 6.54 Å². The normalized spacial score (nSPS) is 24.1. The number of nitrogens with one attached hydrogen (secondary N) is 1. The highest BCUT2D eigenvalue weighted by molar-refractivity contribution is 5.90. The molecule has 3 N–H and O–H groups in total. The fraction of sp³-hybridized carbons (Fsp3) is 0.619. The smallest absolute Gasteiger partial charge is 0.243 e. The van der Waals surface area contributed by atoms with Gasteiger partial charge in [0.25, 0.3) is 0 Å². The van der Waals surface area contributed by atoms with E-state index in [9.17, 15) is 9.59 Å². The number of carbonyl (C=O) groups is 2. The van der Waals surface area contributed by atoms with E-state index in [1.54, 1.807) is 4.90 Å². The predicted octanol–water partition coefficient (Wildman–Crippen LogP) is 2.54. The second-order valence-corrected chi connectivity index (χ2v) is 8.69. The van der Waals surface area contributed by atoms with Crippen molar-refractivity contribution >= 4 is 11.8 Å². The largest absolute Gasteiger partial charge is 0.347 e. The molecule has 0 radical (unpaired) electrons. The number of fused-ring (bicyclic) bond motifs is 1. The maximum absolute atomic E-state index is 13.0. The molecule has 2 amide bonds. The summed E-state index contributed by atoms with van der Waals surface area (Å²) in [6, 6.07) is 7.37. The van der Waals surface area contributed by atoms with E-state index < -0.39 is 12.1 Å². The van der Waals surface area contributed by atoms with E-state index in [0.717, 1.165) is 25.7 Å². The zero-order valence-corrected chi connectivity index (χ0v) is 16.1. The van der Waals surface area contributed by atoms with Crippen LogP contribution in [0.2, 0.25) is 0 Å². The maximum Gasteiger partial charge on any atom is 0.243 e. The summed E-state index contributed by atoms with van der Waals surface area (Å²) in [7, 11) is 0. The van der Waals surface area contributed by atoms with Gasteiger partial charge in [0.05, 0.1) is 12.1 Å². The van der Waals surface area contributed by atoms with Crippen LogP contribution >= 0.6 is 0 Å². The van der Waals surface area contributed by atoms with Crippen molar-refractivity contribution in [2.45, 2.75) is 71.0 Å². The number of benzene rings is 1. The summed E-state index contributed by atoms with van der Waals surface area (Å²) < 4.78 is 0. The van der Waals surface area contributed by atoms with Crippen LogP contribution in [0.1, 0.15) is 63.6 Å². The van der Waals surface area contributed by atoms with Crippen LogP contribution in [0, 0.1) is 5.41 Å². The average molecular weight is 357 g/mol. The van der Waals surface area contributed by atoms with Gasteiger partial charge in [0.15, 0.2) is 0 Å². The van der Waals surface area contributed by atoms with Crippen molar-refractivity contribution < 1.29 is 9.59 Å². The predicted molar refractivity (Wildman–Crippen MR) is 102 cm³/mol. The second-order valence-electron chi connectivity index (χ2n) is 8.69. The number of nitrogens with two attached hydrogens (primary N) is 1. The number of likely N-dealkylation sites (tertiary alicyclic amines) is 1. The molecule has 0 bridgehead atoms. The van der Waals surface area contributed by atoms with Gasteiger partial charge < -0.3 is 16.0 Å². The lowest BCUT2D eigenvalue weighted by molar-refractivity contribution is -0.141. The lowest BCUT2D eigenvalue weighted by atomic mass is 9.86. The lowest BCUT2D eigenvalue weighted by Gasteiger charge is -2.34. The number of amides is 2. The van der Waals surface area contributed by atoms with Crippen molar-refractivity contribution in [2.24, 2.45) is 11.1 Å². The Hall–Kier alpha value is -1.88. The van der Waals surface area contributed by atoms with Crippen LogP contribution in [-0.4, -0.2) is 35.3 Å². The van der Waals surface area contributed by atoms with Crippen LogP contribution in [0.15, 0.2) is 24.3 Å². The monoisotopic (exact) mass is 357 g/mol. The molecule has 3 rings (SSSR count). The number of hydrogen-bond donors (Lipinski definition) is 2. The van der Waals surface area contributed by atoms with Gasteiger partial charge in [0.1, 0.15) is 6.04 Å². The molecule has 0 saturated carbocycles. The van der Waals surface area contributed by atoms with Crippen LogP contribution in [0.3, 0.4) is 0 Å². The number of nitrogens with zero attached hydrogens (tertiary/aromatic N) is 1. The average Bonchev–Trinajstić information content (AvgIpc) is 3.10. The summed E-state index contributed by atoms with van der Waals surface area (Å²) in [6.07, 6.45) is 4.65. The molecule has 1 aromatic carbocycles. The van der Waals surface area contributed by atoms with Crippen molar-refractivity contribution in [3.63, 3.8) is 0 Å². The Morgan fingerprint density at radius 3 is 2.65 bits per heavy atom. The zero-order chi connectivity index (χ0) is 18.9. The minimum Gasteiger partial charge on any atom is -0.347 e. The molecule has 0 unspecified atom stereocenters. The number of rotatable bonds is 3. The molecular weight excluding hydrogens is 326 g/mol. The molecule has 1 aliphatic heterocycles. The highest BCUT2D eigenvalue weighted by Gasteiger charge is 2.40. The molecule has 0 aromatic heterocycles. The first kappa shape index (κ1) is 18.9. The van der Waals surface area contributed by atoms with E-state index >= 15 is 0 Å². The van der Waals surface area contributed by atoms with E-state index in [1.807, 2.05) is 32.9 Å². The fourth-order valence-corrected chi connectivity index (χ4v) is 4.02. The van der Waals surface area contributed by atoms with Crippen LogP contribution in [0.4, 0.5) is 0 Å². The Morgan fingerprint density at radius 2 is 1.92 bits per heavy atom. The number of hydrogen-bond acceptors (Lipinski definition) is 3. The summed E-state index contributed by atoms with van der Waals surface area (Å²) in [5.74, 6) is -0.155. The first-order chi connectivity index (χ1) is 12.3. The summed E-state index contributed by atoms with van der Waals surface area (Å²) >= 11 is 0. The summed E-state index contributed by atoms with van der Waals surface area (Å²) in [5.41, 5.74) is 8.38. The SMILES string of the molecule is CC(C)(C)[C@H](N)C(=O)N1CCC[C@H]1C(=O)N[C@@H]1CCCc2ccccc21. The van der Waals surface area contributed by atoms with E-state index in [-0.39, 0.29) is 23.3 Å². The van der Waals surface area contributed by atoms with Gasteiger partial charge in [-0.3, -0.25) is 9.59 Å². The Morgan fingerprint density at radius 1 is 1.19 bits per heavy atom. The Bertz CT molecular complexity index is 680. The molecule has 0 spiro atoms. The third kappa shape index (κ3) is 3.78. The molecule has 1 saturated heterocycles. The molecule has 1 aromatic rings. The molecule has 1 heterocycles. The lowest BCUT2D eigenvalue weighted by Crippen LogP contribution is -2.55. The minimum atomic E-state index is -0.591. The number of carbonyl (C=O) groups excluding carboxylic acids is 2. The van der Waals surface area contributed by atoms with Crippen molar-refractivity contribution in [2.75, 3.05) is 6.54 Å². The highest BCUT2D eigenvalue weighted by Crippen LogP contribution is 2.30. The van der Waals surface area contributed by atoms with E-state index in [4.69, 9.17) is 5.73 Å². The standard InChI is InChI=1S/C21H31N3O2/c1-21(2,3)18(22)20(26)24-13-7-12-17(24)19(25)23-16-11-6-9-14-8-4-5-10-15(14)16/h4-5,8,10,16-18H,6-7,9,11-13,22H2,1-3H3,(H,23,25)/t16-,17+,18-/m1/s1. The van der Waals surface area contributed by atoms with Gasteiger partial charge in [-0.15, -0.1) is 0 Å². The molecular formula is C21H31N3O2. The molecule has 2 aliphatic rings. The Balaban J connectivity index is 1.71. The fourth-order valence-electron chi connectivity index (χ4n) is 4.02. The first-order valence-corrected chi connectivity index (χ1v) is 9.73. The molecule has 3 atom stereocenters. The first-order valence-electron chi connectivity index (χ1n) is 9.73. The van der Waals surface area contributed by atoms with Gasteiger partial charge >= 0.3 is 0 Å². The van der Waals surface area contributed by atoms with Crippen molar-refractivity contribution in [3.05, 3.63) is 35.4 Å². The summed E-state index contributed by atoms with van der Waals surface area (Å²) in [4.78, 5) is 27.5. The molecule has 5 heteroatoms. The molecule has 142 valence electrons. The molecule has 5 nitrogen and oxygen atoms in total. The minimum absolute atomic E-state index is 0.0429. The van der Waals surface area contributed by atoms with Crippen molar-refractivity contribution in [1.29, 1.82) is 0 Å². The Kier molecular flexibility index (Phi) is 5.37. The Labute approximate surface area is 156 Å². The third-order valence-electron chi connectivity index (χ3n) is 5.72. The third-order valence-corrected chi connectivity index (χ3v) is 5.72. The van der Waals surface area contributed by atoms with E-state index in [0.29, 0.717) is 13.0 Å². The van der Waals surface area contributed by atoms with Crippen LogP contribution < -0.4 is 11.1 Å². The maximum atomic E-state index is 13.0. The number of aryl methyl sites for hydroxylation is 1. The van der Waals surface area contributed by atoms with Gasteiger partial charge in [0.2, 0.25) is 11.8 Å². The van der Waals surface area contributed by atoms with Crippen molar-refractivity contribution in [1.82, 2.24) is 10.2 Å². The van der Waals surface area contributed by atoms with Crippen LogP contribution in [0.5, 0.6) is 0 Å². The summed E-state index contributed by atoms with van der Waals surface area (Å²) in [5, 5.41) is 3.21. The van der Waals surface area contributed by atoms with Crippen molar-refractivity contribution in [3.8, 4) is 0 Å². The zero-order valence-electron chi connectivity index (χ0n) is 16.1. The van der Waals surface area contributed by atoms with Gasteiger partial charge in [-0.25, -0.2) is 0 Å². The van der Waals surface area contributed by atoms with Crippen LogP contribution in [0.25, 0.3) is 0 Å². The van der Waals surface area contributed by atoms with Gasteiger partial charge in [-0.1, -0.05) is 45.0 Å².